The van der Waals surface area contributed by atoms with Crippen LogP contribution in [0.5, 0.6) is 0 Å². The summed E-state index contributed by atoms with van der Waals surface area (Å²) in [4.78, 5) is 4.84. The number of benzene rings is 3. The van der Waals surface area contributed by atoms with E-state index in [0.29, 0.717) is 0 Å². The van der Waals surface area contributed by atoms with Crippen LogP contribution in [0.3, 0.4) is 0 Å². The zero-order valence-electron chi connectivity index (χ0n) is 14.4. The summed E-state index contributed by atoms with van der Waals surface area (Å²) in [7, 11) is 0. The zero-order valence-corrected chi connectivity index (χ0v) is 14.4. The number of hydrogen-bond donors (Lipinski definition) is 0. The summed E-state index contributed by atoms with van der Waals surface area (Å²) in [5.74, 6) is 0. The summed E-state index contributed by atoms with van der Waals surface area (Å²) in [6.45, 7) is 6.60. The molecule has 0 saturated heterocycles. The Morgan fingerprint density at radius 3 is 1.71 bits per heavy atom. The van der Waals surface area contributed by atoms with Gasteiger partial charge in [-0.05, 0) is 68.3 Å². The number of hydrogen-bond acceptors (Lipinski definition) is 2. The van der Waals surface area contributed by atoms with Gasteiger partial charge >= 0.3 is 0 Å². The minimum absolute atomic E-state index is 0.228. The molecule has 3 aromatic carbocycles. The minimum Gasteiger partial charge on any atom is -0.319 e. The SMILES string of the molecule is Cc1cc(C)cc(N2c3ccccc3N(c3ccccc3)C2C)c1. The van der Waals surface area contributed by atoms with Crippen LogP contribution in [0.15, 0.2) is 72.8 Å². The lowest BCUT2D eigenvalue weighted by molar-refractivity contribution is 0.761. The van der Waals surface area contributed by atoms with Crippen molar-refractivity contribution in [3.05, 3.63) is 83.9 Å². The number of rotatable bonds is 2. The topological polar surface area (TPSA) is 6.48 Å². The molecule has 1 unspecified atom stereocenters. The van der Waals surface area contributed by atoms with Crippen molar-refractivity contribution in [2.75, 3.05) is 9.80 Å². The van der Waals surface area contributed by atoms with E-state index >= 15 is 0 Å². The van der Waals surface area contributed by atoms with E-state index in [1.807, 2.05) is 0 Å². The van der Waals surface area contributed by atoms with Crippen molar-refractivity contribution in [2.24, 2.45) is 0 Å². The van der Waals surface area contributed by atoms with Gasteiger partial charge in [0.2, 0.25) is 0 Å². The first-order valence-corrected chi connectivity index (χ1v) is 8.46. The van der Waals surface area contributed by atoms with Gasteiger partial charge in [-0.15, -0.1) is 0 Å². The van der Waals surface area contributed by atoms with E-state index in [1.54, 1.807) is 0 Å². The van der Waals surface area contributed by atoms with Gasteiger partial charge in [0.25, 0.3) is 0 Å². The maximum absolute atomic E-state index is 2.43. The second-order valence-corrected chi connectivity index (χ2v) is 6.54. The summed E-state index contributed by atoms with van der Waals surface area (Å²) in [6.07, 6.45) is 0.228. The molecule has 0 spiro atoms. The number of anilines is 4. The number of fused-ring (bicyclic) bond motifs is 1. The molecule has 1 heterocycles. The van der Waals surface area contributed by atoms with Gasteiger partial charge in [-0.1, -0.05) is 36.4 Å². The molecule has 2 nitrogen and oxygen atoms in total. The van der Waals surface area contributed by atoms with E-state index in [-0.39, 0.29) is 6.17 Å². The molecule has 0 aromatic heterocycles. The van der Waals surface area contributed by atoms with Crippen LogP contribution in [0.1, 0.15) is 18.1 Å². The van der Waals surface area contributed by atoms with E-state index in [4.69, 9.17) is 0 Å². The van der Waals surface area contributed by atoms with Crippen LogP contribution < -0.4 is 9.80 Å². The molecule has 0 amide bonds. The normalized spacial score (nSPS) is 16.4. The van der Waals surface area contributed by atoms with E-state index in [1.165, 1.54) is 33.9 Å². The molecule has 2 heteroatoms. The third-order valence-corrected chi connectivity index (χ3v) is 4.67. The lowest BCUT2D eigenvalue weighted by atomic mass is 10.1. The average molecular weight is 314 g/mol. The van der Waals surface area contributed by atoms with E-state index in [0.717, 1.165) is 0 Å². The van der Waals surface area contributed by atoms with Gasteiger partial charge in [0.15, 0.2) is 0 Å². The van der Waals surface area contributed by atoms with Crippen molar-refractivity contribution >= 4 is 22.7 Å². The highest BCUT2D eigenvalue weighted by atomic mass is 15.4. The van der Waals surface area contributed by atoms with Crippen LogP contribution in [0.25, 0.3) is 0 Å². The third-order valence-electron chi connectivity index (χ3n) is 4.67. The fourth-order valence-corrected chi connectivity index (χ4v) is 3.78. The molecule has 3 aromatic rings. The summed E-state index contributed by atoms with van der Waals surface area (Å²) >= 11 is 0. The second kappa shape index (κ2) is 5.72. The van der Waals surface area contributed by atoms with Crippen LogP contribution in [-0.2, 0) is 0 Å². The standard InChI is InChI=1S/C22H22N2/c1-16-13-17(2)15-20(14-16)24-18(3)23(19-9-5-4-6-10-19)21-11-7-8-12-22(21)24/h4-15,18H,1-3H3. The Balaban J connectivity index is 1.88. The van der Waals surface area contributed by atoms with Gasteiger partial charge < -0.3 is 9.80 Å². The van der Waals surface area contributed by atoms with Crippen LogP contribution in [-0.4, -0.2) is 6.17 Å². The van der Waals surface area contributed by atoms with Crippen molar-refractivity contribution in [1.82, 2.24) is 0 Å². The first-order valence-electron chi connectivity index (χ1n) is 8.46. The Bertz CT molecular complexity index is 850. The van der Waals surface area contributed by atoms with Gasteiger partial charge in [0.1, 0.15) is 6.17 Å². The molecule has 0 aliphatic carbocycles. The molecule has 0 radical (unpaired) electrons. The highest BCUT2D eigenvalue weighted by molar-refractivity contribution is 5.88. The summed E-state index contributed by atoms with van der Waals surface area (Å²) in [6, 6.07) is 26.1. The molecule has 24 heavy (non-hydrogen) atoms. The predicted molar refractivity (Wildman–Crippen MR) is 103 cm³/mol. The monoisotopic (exact) mass is 314 g/mol. The Hall–Kier alpha value is -2.74. The Labute approximate surface area is 144 Å². The highest BCUT2D eigenvalue weighted by Gasteiger charge is 2.34. The van der Waals surface area contributed by atoms with Crippen molar-refractivity contribution in [2.45, 2.75) is 26.9 Å². The van der Waals surface area contributed by atoms with Crippen molar-refractivity contribution < 1.29 is 0 Å². The van der Waals surface area contributed by atoms with Crippen LogP contribution in [0.2, 0.25) is 0 Å². The van der Waals surface area contributed by atoms with Crippen molar-refractivity contribution in [3.8, 4) is 0 Å². The molecular formula is C22H22N2. The molecule has 1 atom stereocenters. The van der Waals surface area contributed by atoms with Crippen molar-refractivity contribution in [3.63, 3.8) is 0 Å². The predicted octanol–water partition coefficient (Wildman–Crippen LogP) is 5.94. The van der Waals surface area contributed by atoms with Gasteiger partial charge in [-0.25, -0.2) is 0 Å². The van der Waals surface area contributed by atoms with E-state index < -0.39 is 0 Å². The summed E-state index contributed by atoms with van der Waals surface area (Å²) in [5.41, 5.74) is 7.60. The minimum atomic E-state index is 0.228. The fraction of sp³-hybridized carbons (Fsp3) is 0.182. The zero-order chi connectivity index (χ0) is 16.7. The molecule has 1 aliphatic heterocycles. The molecule has 0 fully saturated rings. The Kier molecular flexibility index (Phi) is 3.53. The second-order valence-electron chi connectivity index (χ2n) is 6.54. The van der Waals surface area contributed by atoms with E-state index in [9.17, 15) is 0 Å². The first-order chi connectivity index (χ1) is 11.6. The lowest BCUT2D eigenvalue weighted by Crippen LogP contribution is -2.35. The van der Waals surface area contributed by atoms with Gasteiger partial charge in [-0.3, -0.25) is 0 Å². The average Bonchev–Trinajstić information content (AvgIpc) is 2.86. The molecule has 4 rings (SSSR count). The molecular weight excluding hydrogens is 292 g/mol. The Morgan fingerprint density at radius 1 is 0.625 bits per heavy atom. The molecule has 120 valence electrons. The summed E-state index contributed by atoms with van der Waals surface area (Å²) in [5, 5.41) is 0. The number of para-hydroxylation sites is 3. The number of nitrogens with zero attached hydrogens (tertiary/aromatic N) is 2. The maximum Gasteiger partial charge on any atom is 0.108 e. The molecule has 0 saturated carbocycles. The largest absolute Gasteiger partial charge is 0.319 e. The van der Waals surface area contributed by atoms with Crippen molar-refractivity contribution in [1.29, 1.82) is 0 Å². The van der Waals surface area contributed by atoms with Gasteiger partial charge in [-0.2, -0.15) is 0 Å². The van der Waals surface area contributed by atoms with Crippen LogP contribution >= 0.6 is 0 Å². The molecule has 1 aliphatic rings. The molecule has 0 bridgehead atoms. The Morgan fingerprint density at radius 2 is 1.12 bits per heavy atom. The highest BCUT2D eigenvalue weighted by Crippen LogP contribution is 2.47. The number of aryl methyl sites for hydroxylation is 2. The van der Waals surface area contributed by atoms with E-state index in [2.05, 4.69) is 103 Å². The van der Waals surface area contributed by atoms with Gasteiger partial charge in [0, 0.05) is 11.4 Å². The smallest absolute Gasteiger partial charge is 0.108 e. The summed E-state index contributed by atoms with van der Waals surface area (Å²) < 4.78 is 0. The molecule has 0 N–H and O–H groups in total. The fourth-order valence-electron chi connectivity index (χ4n) is 3.78. The van der Waals surface area contributed by atoms with Crippen LogP contribution in [0, 0.1) is 13.8 Å². The van der Waals surface area contributed by atoms with Crippen LogP contribution in [0.4, 0.5) is 22.7 Å². The lowest BCUT2D eigenvalue weighted by Gasteiger charge is -2.30. The maximum atomic E-state index is 2.43. The quantitative estimate of drug-likeness (QED) is 0.577. The first kappa shape index (κ1) is 14.8. The third kappa shape index (κ3) is 2.35. The van der Waals surface area contributed by atoms with Gasteiger partial charge in [0.05, 0.1) is 11.4 Å².